The highest BCUT2D eigenvalue weighted by Gasteiger charge is 2.33. The minimum absolute atomic E-state index is 0.0201. The zero-order valence-corrected chi connectivity index (χ0v) is 24.7. The predicted molar refractivity (Wildman–Crippen MR) is 164 cm³/mol. The lowest BCUT2D eigenvalue weighted by Gasteiger charge is -2.31. The zero-order chi connectivity index (χ0) is 31.4. The quantitative estimate of drug-likeness (QED) is 0.212. The van der Waals surface area contributed by atoms with Gasteiger partial charge in [0.25, 0.3) is 11.8 Å². The van der Waals surface area contributed by atoms with E-state index in [0.717, 1.165) is 27.5 Å². The topological polar surface area (TPSA) is 78.9 Å². The third-order valence-electron chi connectivity index (χ3n) is 8.38. The number of nitrogens with zero attached hydrogens (tertiary/aromatic N) is 1. The lowest BCUT2D eigenvalue weighted by atomic mass is 9.90. The number of rotatable bonds is 10. The molecular formula is C35H35F3N2O4. The van der Waals surface area contributed by atoms with E-state index < -0.39 is 29.7 Å². The Bertz CT molecular complexity index is 1660. The third-order valence-corrected chi connectivity index (χ3v) is 8.38. The van der Waals surface area contributed by atoms with Crippen LogP contribution in [0.15, 0.2) is 72.8 Å². The molecule has 9 heteroatoms. The molecule has 2 N–H and O–H groups in total. The number of carbonyl (C=O) groups excluding carboxylic acids is 1. The number of aryl methyl sites for hydroxylation is 1. The van der Waals surface area contributed by atoms with Gasteiger partial charge in [-0.25, -0.2) is 18.0 Å². The molecule has 6 nitrogen and oxygen atoms in total. The van der Waals surface area contributed by atoms with Crippen molar-refractivity contribution in [2.24, 2.45) is 0 Å². The first-order chi connectivity index (χ1) is 21.1. The van der Waals surface area contributed by atoms with Gasteiger partial charge in [0.2, 0.25) is 0 Å². The highest BCUT2D eigenvalue weighted by Crippen LogP contribution is 2.39. The largest absolute Gasteiger partial charge is 0.496 e. The average molecular weight is 605 g/mol. The van der Waals surface area contributed by atoms with Crippen molar-refractivity contribution < 1.29 is 32.6 Å². The molecule has 0 aromatic heterocycles. The molecule has 230 valence electrons. The Balaban J connectivity index is 1.46. The molecule has 0 unspecified atom stereocenters. The second-order valence-corrected chi connectivity index (χ2v) is 11.3. The maximum absolute atomic E-state index is 14.4. The van der Waals surface area contributed by atoms with Gasteiger partial charge in [-0.2, -0.15) is 0 Å². The maximum atomic E-state index is 14.4. The number of alkyl halides is 2. The number of carboxylic acids is 1. The standard InChI is InChI=1S/C35H35F3N2O4/c1-22-7-3-13-28(36)31(22)33(41)39-29(34(42)43)21-24-9-4-11-26-25(24)10-6-12-27(26)32-23(8-5-14-30(32)44-2)15-18-40-19-16-35(37,38)17-20-40/h3-14,29H,15-21H2,1-2H3,(H,39,41)(H,42,43)/t29-/m0/s1. The van der Waals surface area contributed by atoms with E-state index in [2.05, 4.69) is 10.2 Å². The second kappa shape index (κ2) is 13.1. The number of amides is 1. The summed E-state index contributed by atoms with van der Waals surface area (Å²) in [6.07, 6.45) is 0.341. The van der Waals surface area contributed by atoms with Crippen LogP contribution in [0.1, 0.15) is 39.9 Å². The van der Waals surface area contributed by atoms with E-state index in [1.165, 1.54) is 12.1 Å². The van der Waals surface area contributed by atoms with Gasteiger partial charge in [-0.15, -0.1) is 0 Å². The molecular weight excluding hydrogens is 569 g/mol. The van der Waals surface area contributed by atoms with Crippen molar-refractivity contribution in [2.45, 2.75) is 44.6 Å². The Labute approximate surface area is 254 Å². The number of nitrogens with one attached hydrogen (secondary N) is 1. The van der Waals surface area contributed by atoms with E-state index in [0.29, 0.717) is 42.9 Å². The van der Waals surface area contributed by atoms with Gasteiger partial charge in [0.15, 0.2) is 0 Å². The number of aliphatic carboxylic acids is 1. The predicted octanol–water partition coefficient (Wildman–Crippen LogP) is 6.66. The molecule has 5 rings (SSSR count). The van der Waals surface area contributed by atoms with Gasteiger partial charge in [-0.1, -0.05) is 60.7 Å². The number of methoxy groups -OCH3 is 1. The molecule has 0 radical (unpaired) electrons. The number of carbonyl (C=O) groups is 2. The minimum atomic E-state index is -2.60. The van der Waals surface area contributed by atoms with Crippen molar-refractivity contribution in [3.8, 4) is 16.9 Å². The molecule has 1 aliphatic rings. The van der Waals surface area contributed by atoms with E-state index in [1.54, 1.807) is 20.1 Å². The van der Waals surface area contributed by atoms with Crippen LogP contribution in [0, 0.1) is 12.7 Å². The Morgan fingerprint density at radius 1 is 0.955 bits per heavy atom. The van der Waals surface area contributed by atoms with Crippen LogP contribution in [0.5, 0.6) is 5.75 Å². The van der Waals surface area contributed by atoms with Crippen LogP contribution < -0.4 is 10.1 Å². The molecule has 1 heterocycles. The van der Waals surface area contributed by atoms with E-state index in [4.69, 9.17) is 4.74 Å². The van der Waals surface area contributed by atoms with Crippen molar-refractivity contribution in [3.63, 3.8) is 0 Å². The zero-order valence-electron chi connectivity index (χ0n) is 24.7. The first-order valence-electron chi connectivity index (χ1n) is 14.6. The fourth-order valence-electron chi connectivity index (χ4n) is 5.98. The fourth-order valence-corrected chi connectivity index (χ4v) is 5.98. The lowest BCUT2D eigenvalue weighted by molar-refractivity contribution is -0.139. The van der Waals surface area contributed by atoms with E-state index in [-0.39, 0.29) is 24.8 Å². The molecule has 1 fully saturated rings. The van der Waals surface area contributed by atoms with Gasteiger partial charge in [0, 0.05) is 44.5 Å². The number of hydrogen-bond acceptors (Lipinski definition) is 4. The van der Waals surface area contributed by atoms with Crippen LogP contribution in [-0.4, -0.2) is 60.6 Å². The number of piperidine rings is 1. The molecule has 1 saturated heterocycles. The number of fused-ring (bicyclic) bond motifs is 1. The molecule has 0 spiro atoms. The fraction of sp³-hybridized carbons (Fsp3) is 0.314. The number of benzene rings is 4. The molecule has 1 atom stereocenters. The van der Waals surface area contributed by atoms with Crippen LogP contribution in [0.4, 0.5) is 13.2 Å². The summed E-state index contributed by atoms with van der Waals surface area (Å²) in [5, 5.41) is 14.2. The molecule has 1 aliphatic heterocycles. The van der Waals surface area contributed by atoms with Crippen LogP contribution in [0.25, 0.3) is 21.9 Å². The van der Waals surface area contributed by atoms with Crippen molar-refractivity contribution in [1.29, 1.82) is 0 Å². The normalized spacial score (nSPS) is 15.6. The first kappa shape index (κ1) is 31.1. The van der Waals surface area contributed by atoms with Crippen molar-refractivity contribution in [3.05, 3.63) is 101 Å². The summed E-state index contributed by atoms with van der Waals surface area (Å²) >= 11 is 0. The van der Waals surface area contributed by atoms with Gasteiger partial charge in [0.05, 0.1) is 12.7 Å². The van der Waals surface area contributed by atoms with Gasteiger partial charge in [-0.05, 0) is 58.5 Å². The van der Waals surface area contributed by atoms with Gasteiger partial charge in [0.1, 0.15) is 17.6 Å². The monoisotopic (exact) mass is 604 g/mol. The van der Waals surface area contributed by atoms with Crippen LogP contribution >= 0.6 is 0 Å². The highest BCUT2D eigenvalue weighted by molar-refractivity contribution is 6.01. The van der Waals surface area contributed by atoms with Crippen molar-refractivity contribution in [1.82, 2.24) is 10.2 Å². The average Bonchev–Trinajstić information content (AvgIpc) is 2.99. The summed E-state index contributed by atoms with van der Waals surface area (Å²) in [7, 11) is 1.60. The Morgan fingerprint density at radius 3 is 2.32 bits per heavy atom. The number of halogens is 3. The molecule has 1 amide bonds. The van der Waals surface area contributed by atoms with E-state index in [1.807, 2.05) is 54.6 Å². The number of carboxylic acid groups (broad SMARTS) is 1. The summed E-state index contributed by atoms with van der Waals surface area (Å²) < 4.78 is 47.6. The summed E-state index contributed by atoms with van der Waals surface area (Å²) in [5.41, 5.74) is 3.72. The minimum Gasteiger partial charge on any atom is -0.496 e. The van der Waals surface area contributed by atoms with Crippen LogP contribution in [-0.2, 0) is 17.6 Å². The second-order valence-electron chi connectivity index (χ2n) is 11.3. The Kier molecular flexibility index (Phi) is 9.25. The van der Waals surface area contributed by atoms with E-state index >= 15 is 0 Å². The summed E-state index contributed by atoms with van der Waals surface area (Å²) in [5.74, 6) is -4.67. The van der Waals surface area contributed by atoms with Gasteiger partial charge in [-0.3, -0.25) is 4.79 Å². The smallest absolute Gasteiger partial charge is 0.326 e. The van der Waals surface area contributed by atoms with Crippen molar-refractivity contribution >= 4 is 22.6 Å². The molecule has 4 aromatic carbocycles. The van der Waals surface area contributed by atoms with Crippen LogP contribution in [0.2, 0.25) is 0 Å². The summed E-state index contributed by atoms with van der Waals surface area (Å²) in [6.45, 7) is 2.92. The summed E-state index contributed by atoms with van der Waals surface area (Å²) in [6, 6.07) is 20.1. The first-order valence-corrected chi connectivity index (χ1v) is 14.6. The number of ether oxygens (including phenoxy) is 1. The van der Waals surface area contributed by atoms with E-state index in [9.17, 15) is 27.9 Å². The van der Waals surface area contributed by atoms with Crippen molar-refractivity contribution in [2.75, 3.05) is 26.7 Å². The Morgan fingerprint density at radius 2 is 1.61 bits per heavy atom. The molecule has 0 saturated carbocycles. The summed E-state index contributed by atoms with van der Waals surface area (Å²) in [4.78, 5) is 27.3. The molecule has 0 aliphatic carbocycles. The van der Waals surface area contributed by atoms with Gasteiger partial charge < -0.3 is 20.1 Å². The Hall–Kier alpha value is -4.37. The lowest BCUT2D eigenvalue weighted by Crippen LogP contribution is -2.42. The third kappa shape index (κ3) is 6.73. The SMILES string of the molecule is COc1cccc(CCN2CCC(F)(F)CC2)c1-c1cccc2c(C[C@H](NC(=O)c3c(C)cccc3F)C(=O)O)cccc12. The maximum Gasteiger partial charge on any atom is 0.326 e. The molecule has 4 aromatic rings. The number of hydrogen-bond donors (Lipinski definition) is 2. The molecule has 44 heavy (non-hydrogen) atoms. The van der Waals surface area contributed by atoms with Gasteiger partial charge >= 0.3 is 5.97 Å². The van der Waals surface area contributed by atoms with Crippen LogP contribution in [0.3, 0.4) is 0 Å². The number of likely N-dealkylation sites (tertiary alicyclic amines) is 1. The molecule has 0 bridgehead atoms. The highest BCUT2D eigenvalue weighted by atomic mass is 19.3.